The number of nitrogens with one attached hydrogen (secondary N) is 1. The van der Waals surface area contributed by atoms with E-state index in [2.05, 4.69) is 10.1 Å². The molecule has 0 aromatic rings. The second-order valence-corrected chi connectivity index (χ2v) is 3.68. The molecule has 0 fully saturated rings. The Kier molecular flexibility index (Phi) is 8.69. The largest absolute Gasteiger partial charge is 0.469 e. The minimum absolute atomic E-state index is 0.110. The predicted molar refractivity (Wildman–Crippen MR) is 62.0 cm³/mol. The lowest BCUT2D eigenvalue weighted by Gasteiger charge is -2.15. The first-order valence-electron chi connectivity index (χ1n) is 5.49. The highest BCUT2D eigenvalue weighted by Gasteiger charge is 2.07. The number of nitriles is 1. The normalized spacial score (nSPS) is 9.76. The number of carbonyl (C=O) groups is 2. The number of nitrogens with zero attached hydrogens (tertiary/aromatic N) is 2. The first-order valence-corrected chi connectivity index (χ1v) is 5.49. The maximum atomic E-state index is 11.3. The molecule has 0 aromatic carbocycles. The fourth-order valence-electron chi connectivity index (χ4n) is 1.23. The van der Waals surface area contributed by atoms with Crippen molar-refractivity contribution in [3.63, 3.8) is 0 Å². The summed E-state index contributed by atoms with van der Waals surface area (Å²) in [6.07, 6.45) is 1.34. The van der Waals surface area contributed by atoms with Crippen molar-refractivity contribution in [1.29, 1.82) is 5.26 Å². The smallest absolute Gasteiger partial charge is 0.305 e. The highest BCUT2D eigenvalue weighted by atomic mass is 16.5. The third kappa shape index (κ3) is 9.33. The summed E-state index contributed by atoms with van der Waals surface area (Å²) in [6, 6.07) is 1.95. The molecule has 17 heavy (non-hydrogen) atoms. The van der Waals surface area contributed by atoms with Crippen LogP contribution in [0.4, 0.5) is 0 Å². The molecule has 0 atom stereocenters. The summed E-state index contributed by atoms with van der Waals surface area (Å²) >= 11 is 0. The van der Waals surface area contributed by atoms with Gasteiger partial charge in [0.25, 0.3) is 0 Å². The molecule has 0 spiro atoms. The van der Waals surface area contributed by atoms with E-state index < -0.39 is 0 Å². The first kappa shape index (κ1) is 15.4. The van der Waals surface area contributed by atoms with E-state index in [1.165, 1.54) is 7.11 Å². The quantitative estimate of drug-likeness (QED) is 0.474. The van der Waals surface area contributed by atoms with Gasteiger partial charge in [-0.1, -0.05) is 0 Å². The van der Waals surface area contributed by atoms with Crippen LogP contribution in [0.15, 0.2) is 0 Å². The molecule has 0 aliphatic carbocycles. The molecule has 0 bridgehead atoms. The Hall–Kier alpha value is -1.61. The Balaban J connectivity index is 3.57. The molecule has 1 N–H and O–H groups in total. The zero-order valence-corrected chi connectivity index (χ0v) is 10.4. The van der Waals surface area contributed by atoms with E-state index in [9.17, 15) is 9.59 Å². The number of amides is 1. The van der Waals surface area contributed by atoms with Crippen molar-refractivity contribution in [2.45, 2.75) is 19.3 Å². The van der Waals surface area contributed by atoms with Crippen molar-refractivity contribution in [2.24, 2.45) is 0 Å². The van der Waals surface area contributed by atoms with E-state index in [0.717, 1.165) is 0 Å². The van der Waals surface area contributed by atoms with Gasteiger partial charge in [-0.05, 0) is 20.0 Å². The number of rotatable bonds is 8. The van der Waals surface area contributed by atoms with E-state index in [-0.39, 0.29) is 18.4 Å². The molecule has 1 amide bonds. The molecule has 0 aliphatic heterocycles. The van der Waals surface area contributed by atoms with Crippen molar-refractivity contribution < 1.29 is 14.3 Å². The molecule has 96 valence electrons. The van der Waals surface area contributed by atoms with Crippen LogP contribution in [0.2, 0.25) is 0 Å². The fourth-order valence-corrected chi connectivity index (χ4v) is 1.23. The van der Waals surface area contributed by atoms with Gasteiger partial charge in [-0.2, -0.15) is 5.26 Å². The highest BCUT2D eigenvalue weighted by molar-refractivity contribution is 5.77. The van der Waals surface area contributed by atoms with Gasteiger partial charge in [0, 0.05) is 13.0 Å². The van der Waals surface area contributed by atoms with Gasteiger partial charge in [0.1, 0.15) is 0 Å². The van der Waals surface area contributed by atoms with Crippen LogP contribution in [0.1, 0.15) is 19.3 Å². The second-order valence-electron chi connectivity index (χ2n) is 3.68. The van der Waals surface area contributed by atoms with Gasteiger partial charge in [-0.25, -0.2) is 0 Å². The number of likely N-dealkylation sites (N-methyl/N-ethyl adjacent to an activating group) is 1. The molecule has 0 saturated carbocycles. The molecule has 0 saturated heterocycles. The molecule has 0 rings (SSSR count). The summed E-state index contributed by atoms with van der Waals surface area (Å²) in [5.74, 6) is -0.349. The highest BCUT2D eigenvalue weighted by Crippen LogP contribution is 1.94. The maximum absolute atomic E-state index is 11.3. The predicted octanol–water partition coefficient (Wildman–Crippen LogP) is -0.0987. The van der Waals surface area contributed by atoms with Crippen LogP contribution < -0.4 is 5.32 Å². The van der Waals surface area contributed by atoms with E-state index >= 15 is 0 Å². The third-order valence-electron chi connectivity index (χ3n) is 2.12. The van der Waals surface area contributed by atoms with Gasteiger partial charge in [0.2, 0.25) is 5.91 Å². The lowest BCUT2D eigenvalue weighted by molar-refractivity contribution is -0.140. The summed E-state index contributed by atoms with van der Waals surface area (Å²) in [5, 5.41) is 10.9. The van der Waals surface area contributed by atoms with E-state index in [1.54, 1.807) is 7.05 Å². The SMILES string of the molecule is COC(=O)CCCN(C)CC(=O)NCCC#N. The summed E-state index contributed by atoms with van der Waals surface area (Å²) in [5.41, 5.74) is 0. The average Bonchev–Trinajstić information content (AvgIpc) is 2.29. The minimum atomic E-state index is -0.239. The maximum Gasteiger partial charge on any atom is 0.305 e. The Morgan fingerprint density at radius 2 is 2.18 bits per heavy atom. The van der Waals surface area contributed by atoms with Crippen molar-refractivity contribution in [3.8, 4) is 6.07 Å². The van der Waals surface area contributed by atoms with Crippen molar-refractivity contribution in [2.75, 3.05) is 33.8 Å². The number of hydrogen-bond donors (Lipinski definition) is 1. The number of carbonyl (C=O) groups excluding carboxylic acids is 2. The van der Waals surface area contributed by atoms with Crippen molar-refractivity contribution >= 4 is 11.9 Å². The third-order valence-corrected chi connectivity index (χ3v) is 2.12. The van der Waals surface area contributed by atoms with E-state index in [0.29, 0.717) is 32.4 Å². The first-order chi connectivity index (χ1) is 8.10. The summed E-state index contributed by atoms with van der Waals surface area (Å²) in [4.78, 5) is 24.0. The topological polar surface area (TPSA) is 82.4 Å². The summed E-state index contributed by atoms with van der Waals surface area (Å²) < 4.78 is 4.51. The Morgan fingerprint density at radius 1 is 1.47 bits per heavy atom. The summed E-state index contributed by atoms with van der Waals surface area (Å²) in [7, 11) is 3.16. The lowest BCUT2D eigenvalue weighted by atomic mass is 10.3. The van der Waals surface area contributed by atoms with Gasteiger partial charge in [0.05, 0.1) is 26.1 Å². The molecule has 0 radical (unpaired) electrons. The van der Waals surface area contributed by atoms with Crippen LogP contribution in [-0.4, -0.2) is 50.6 Å². The van der Waals surface area contributed by atoms with Crippen LogP contribution in [0.3, 0.4) is 0 Å². The van der Waals surface area contributed by atoms with E-state index in [4.69, 9.17) is 5.26 Å². The number of ether oxygens (including phenoxy) is 1. The van der Waals surface area contributed by atoms with Gasteiger partial charge < -0.3 is 10.1 Å². The average molecular weight is 241 g/mol. The molecule has 6 nitrogen and oxygen atoms in total. The second kappa shape index (κ2) is 9.60. The van der Waals surface area contributed by atoms with Gasteiger partial charge >= 0.3 is 5.97 Å². The van der Waals surface area contributed by atoms with Crippen LogP contribution >= 0.6 is 0 Å². The zero-order chi connectivity index (χ0) is 13.1. The van der Waals surface area contributed by atoms with Crippen LogP contribution in [0.5, 0.6) is 0 Å². The molecule has 0 aromatic heterocycles. The lowest BCUT2D eigenvalue weighted by Crippen LogP contribution is -2.36. The Morgan fingerprint density at radius 3 is 2.76 bits per heavy atom. The Bertz CT molecular complexity index is 286. The van der Waals surface area contributed by atoms with Crippen molar-refractivity contribution in [1.82, 2.24) is 10.2 Å². The molecule has 0 heterocycles. The van der Waals surface area contributed by atoms with Crippen LogP contribution in [-0.2, 0) is 14.3 Å². The molecule has 0 unspecified atom stereocenters. The van der Waals surface area contributed by atoms with Crippen LogP contribution in [0.25, 0.3) is 0 Å². The van der Waals surface area contributed by atoms with Gasteiger partial charge in [-0.3, -0.25) is 14.5 Å². The molecule has 6 heteroatoms. The molecular weight excluding hydrogens is 222 g/mol. The van der Waals surface area contributed by atoms with Crippen LogP contribution in [0, 0.1) is 11.3 Å². The van der Waals surface area contributed by atoms with Gasteiger partial charge in [0.15, 0.2) is 0 Å². The Labute approximate surface area is 102 Å². The van der Waals surface area contributed by atoms with Gasteiger partial charge in [-0.15, -0.1) is 0 Å². The van der Waals surface area contributed by atoms with E-state index in [1.807, 2.05) is 11.0 Å². The fraction of sp³-hybridized carbons (Fsp3) is 0.727. The molecular formula is C11H19N3O3. The zero-order valence-electron chi connectivity index (χ0n) is 10.4. The molecule has 0 aliphatic rings. The monoisotopic (exact) mass is 241 g/mol. The minimum Gasteiger partial charge on any atom is -0.469 e. The standard InChI is InChI=1S/C11H19N3O3/c1-14(8-3-5-11(16)17-2)9-10(15)13-7-4-6-12/h3-5,7-9H2,1-2H3,(H,13,15). The van der Waals surface area contributed by atoms with Crippen molar-refractivity contribution in [3.05, 3.63) is 0 Å². The summed E-state index contributed by atoms with van der Waals surface area (Å²) in [6.45, 7) is 1.30. The number of methoxy groups -OCH3 is 1. The number of hydrogen-bond acceptors (Lipinski definition) is 5. The number of esters is 1.